The quantitative estimate of drug-likeness (QED) is 0.434. The maximum atomic E-state index is 12.7. The lowest BCUT2D eigenvalue weighted by Crippen LogP contribution is -2.35. The molecule has 0 aliphatic carbocycles. The molecule has 2 aliphatic rings. The number of amidine groups is 2. The second-order valence-electron chi connectivity index (χ2n) is 7.61. The predicted molar refractivity (Wildman–Crippen MR) is 129 cm³/mol. The summed E-state index contributed by atoms with van der Waals surface area (Å²) in [6.45, 7) is 6.17. The summed E-state index contributed by atoms with van der Waals surface area (Å²) in [5, 5.41) is 16.7. The second-order valence-corrected chi connectivity index (χ2v) is 9.09. The first-order chi connectivity index (χ1) is 14.9. The molecular weight excluding hydrogens is 430 g/mol. The van der Waals surface area contributed by atoms with Gasteiger partial charge in [0.1, 0.15) is 5.04 Å². The van der Waals surface area contributed by atoms with Gasteiger partial charge in [0, 0.05) is 22.1 Å². The van der Waals surface area contributed by atoms with E-state index in [1.807, 2.05) is 44.2 Å². The highest BCUT2D eigenvalue weighted by Gasteiger charge is 2.35. The molecule has 0 spiro atoms. The number of aryl methyl sites for hydroxylation is 1. The van der Waals surface area contributed by atoms with Gasteiger partial charge in [-0.2, -0.15) is 15.1 Å². The highest BCUT2D eigenvalue weighted by molar-refractivity contribution is 8.26. The Hall–Kier alpha value is -2.64. The van der Waals surface area contributed by atoms with Crippen molar-refractivity contribution in [3.63, 3.8) is 0 Å². The summed E-state index contributed by atoms with van der Waals surface area (Å²) >= 11 is 7.42. The number of nitrogens with one attached hydrogen (secondary N) is 1. The van der Waals surface area contributed by atoms with Gasteiger partial charge >= 0.3 is 0 Å². The molecule has 3 heterocycles. The van der Waals surface area contributed by atoms with E-state index in [4.69, 9.17) is 17.0 Å². The third-order valence-corrected chi connectivity index (χ3v) is 6.57. The number of aliphatic imine (C=N–C) groups is 1. The average Bonchev–Trinajstić information content (AvgIpc) is 3.26. The number of hydrazone groups is 1. The molecule has 8 heteroatoms. The van der Waals surface area contributed by atoms with Gasteiger partial charge < -0.3 is 4.57 Å². The smallest absolute Gasteiger partial charge is 0.283 e. The van der Waals surface area contributed by atoms with Crippen molar-refractivity contribution in [2.24, 2.45) is 10.1 Å². The van der Waals surface area contributed by atoms with Gasteiger partial charge in [-0.05, 0) is 80.4 Å². The molecule has 0 atom stereocenters. The molecule has 1 N–H and O–H groups in total. The fourth-order valence-electron chi connectivity index (χ4n) is 3.74. The monoisotopic (exact) mass is 453 g/mol. The van der Waals surface area contributed by atoms with Crippen LogP contribution in [0.25, 0.3) is 11.8 Å². The number of amides is 1. The second kappa shape index (κ2) is 8.85. The number of unbranched alkanes of at least 4 members (excludes halogenated alkanes) is 2. The van der Waals surface area contributed by atoms with E-state index < -0.39 is 5.91 Å². The SMILES string of the molecule is CCCCCC1=NN2C(=N)C(=Cc3cc(C)n(-c4ccc(Cl)cc4)c3C)C(=O)N=C2S1. The lowest BCUT2D eigenvalue weighted by Gasteiger charge is -2.20. The van der Waals surface area contributed by atoms with E-state index >= 15 is 0 Å². The van der Waals surface area contributed by atoms with E-state index in [9.17, 15) is 4.79 Å². The van der Waals surface area contributed by atoms with E-state index in [-0.39, 0.29) is 11.4 Å². The summed E-state index contributed by atoms with van der Waals surface area (Å²) in [5.74, 6) is -0.325. The first-order valence-corrected chi connectivity index (χ1v) is 11.5. The molecule has 6 nitrogen and oxygen atoms in total. The fraction of sp³-hybridized carbons (Fsp3) is 0.304. The summed E-state index contributed by atoms with van der Waals surface area (Å²) in [6, 6.07) is 9.63. The topological polar surface area (TPSA) is 73.8 Å². The summed E-state index contributed by atoms with van der Waals surface area (Å²) in [4.78, 5) is 16.9. The standard InChI is InChI=1S/C23H24ClN5OS/c1-4-5-6-7-20-27-29-21(25)19(22(30)26-23(29)31-20)13-16-12-14(2)28(15(16)3)18-10-8-17(24)9-11-18/h8-13,25H,4-7H2,1-3H3. The summed E-state index contributed by atoms with van der Waals surface area (Å²) in [5.41, 5.74) is 4.12. The minimum absolute atomic E-state index is 0.0734. The summed E-state index contributed by atoms with van der Waals surface area (Å²) in [7, 11) is 0. The number of aromatic nitrogens is 1. The van der Waals surface area contributed by atoms with Crippen molar-refractivity contribution in [2.45, 2.75) is 46.5 Å². The minimum atomic E-state index is -0.398. The van der Waals surface area contributed by atoms with Crippen molar-refractivity contribution in [3.8, 4) is 5.69 Å². The Morgan fingerprint density at radius 2 is 1.94 bits per heavy atom. The highest BCUT2D eigenvalue weighted by Crippen LogP contribution is 2.31. The summed E-state index contributed by atoms with van der Waals surface area (Å²) < 4.78 is 2.10. The van der Waals surface area contributed by atoms with Gasteiger partial charge in [-0.1, -0.05) is 31.4 Å². The lowest BCUT2D eigenvalue weighted by molar-refractivity contribution is -0.114. The number of benzene rings is 1. The van der Waals surface area contributed by atoms with Crippen LogP contribution in [0.2, 0.25) is 5.02 Å². The number of nitrogens with zero attached hydrogens (tertiary/aromatic N) is 4. The Balaban J connectivity index is 1.64. The molecule has 0 unspecified atom stereocenters. The first-order valence-electron chi connectivity index (χ1n) is 10.3. The van der Waals surface area contributed by atoms with Crippen molar-refractivity contribution in [3.05, 3.63) is 57.9 Å². The third-order valence-electron chi connectivity index (χ3n) is 5.35. The molecule has 160 valence electrons. The molecular formula is C23H24ClN5OS. The van der Waals surface area contributed by atoms with Gasteiger partial charge in [0.2, 0.25) is 5.17 Å². The zero-order valence-electron chi connectivity index (χ0n) is 17.8. The summed E-state index contributed by atoms with van der Waals surface area (Å²) in [6.07, 6.45) is 5.91. The number of rotatable bonds is 6. The molecule has 2 aliphatic heterocycles. The van der Waals surface area contributed by atoms with Gasteiger partial charge in [-0.3, -0.25) is 10.2 Å². The third kappa shape index (κ3) is 4.25. The molecule has 1 amide bonds. The number of carbonyl (C=O) groups is 1. The molecule has 0 radical (unpaired) electrons. The Labute approximate surface area is 191 Å². The molecule has 0 fully saturated rings. The molecule has 1 aromatic carbocycles. The van der Waals surface area contributed by atoms with Crippen LogP contribution in [0.15, 0.2) is 46.0 Å². The molecule has 4 rings (SSSR count). The Kier molecular flexibility index (Phi) is 6.16. The van der Waals surface area contributed by atoms with Crippen LogP contribution in [-0.4, -0.2) is 31.5 Å². The lowest BCUT2D eigenvalue weighted by atomic mass is 10.1. The van der Waals surface area contributed by atoms with Crippen molar-refractivity contribution in [1.29, 1.82) is 5.41 Å². The predicted octanol–water partition coefficient (Wildman–Crippen LogP) is 5.95. The van der Waals surface area contributed by atoms with Crippen LogP contribution in [0.4, 0.5) is 0 Å². The van der Waals surface area contributed by atoms with E-state index in [1.165, 1.54) is 16.8 Å². The van der Waals surface area contributed by atoms with Crippen LogP contribution >= 0.6 is 23.4 Å². The van der Waals surface area contributed by atoms with Crippen LogP contribution in [-0.2, 0) is 4.79 Å². The van der Waals surface area contributed by atoms with Crippen LogP contribution in [0.5, 0.6) is 0 Å². The number of hydrogen-bond donors (Lipinski definition) is 1. The fourth-order valence-corrected chi connectivity index (χ4v) is 4.79. The van der Waals surface area contributed by atoms with E-state index in [1.54, 1.807) is 6.08 Å². The highest BCUT2D eigenvalue weighted by atomic mass is 35.5. The largest absolute Gasteiger partial charge is 0.318 e. The Morgan fingerprint density at radius 3 is 2.65 bits per heavy atom. The zero-order valence-corrected chi connectivity index (χ0v) is 19.3. The van der Waals surface area contributed by atoms with Crippen molar-refractivity contribution >= 4 is 51.4 Å². The molecule has 0 bridgehead atoms. The van der Waals surface area contributed by atoms with Gasteiger partial charge in [-0.25, -0.2) is 0 Å². The van der Waals surface area contributed by atoms with E-state index in [2.05, 4.69) is 21.6 Å². The molecule has 2 aromatic rings. The maximum absolute atomic E-state index is 12.7. The number of hydrogen-bond acceptors (Lipinski definition) is 4. The van der Waals surface area contributed by atoms with E-state index in [0.29, 0.717) is 10.2 Å². The Morgan fingerprint density at radius 1 is 1.19 bits per heavy atom. The van der Waals surface area contributed by atoms with Crippen LogP contribution in [0.1, 0.15) is 49.6 Å². The zero-order chi connectivity index (χ0) is 22.1. The van der Waals surface area contributed by atoms with Crippen molar-refractivity contribution in [2.75, 3.05) is 0 Å². The molecule has 1 aromatic heterocycles. The van der Waals surface area contributed by atoms with Crippen LogP contribution < -0.4 is 0 Å². The van der Waals surface area contributed by atoms with Crippen molar-refractivity contribution in [1.82, 2.24) is 9.58 Å². The number of thioether (sulfide) groups is 1. The van der Waals surface area contributed by atoms with Gasteiger partial charge in [-0.15, -0.1) is 0 Å². The van der Waals surface area contributed by atoms with Gasteiger partial charge in [0.15, 0.2) is 5.84 Å². The normalized spacial score (nSPS) is 17.3. The maximum Gasteiger partial charge on any atom is 0.283 e. The average molecular weight is 454 g/mol. The first kappa shape index (κ1) is 21.6. The van der Waals surface area contributed by atoms with Crippen LogP contribution in [0, 0.1) is 19.3 Å². The number of fused-ring (bicyclic) bond motifs is 1. The molecule has 0 saturated carbocycles. The Bertz CT molecular complexity index is 1140. The van der Waals surface area contributed by atoms with Crippen molar-refractivity contribution < 1.29 is 4.79 Å². The number of carbonyl (C=O) groups excluding carboxylic acids is 1. The van der Waals surface area contributed by atoms with E-state index in [0.717, 1.165) is 53.4 Å². The minimum Gasteiger partial charge on any atom is -0.318 e. The molecule has 31 heavy (non-hydrogen) atoms. The van der Waals surface area contributed by atoms with Gasteiger partial charge in [0.25, 0.3) is 5.91 Å². The van der Waals surface area contributed by atoms with Crippen LogP contribution in [0.3, 0.4) is 0 Å². The number of halogens is 1. The van der Waals surface area contributed by atoms with Gasteiger partial charge in [0.05, 0.1) is 5.57 Å². The molecule has 0 saturated heterocycles.